The number of fused-ring (bicyclic) bond motifs is 1. The number of piperidine rings is 1. The largest absolute Gasteiger partial charge is 0.348 e. The molecule has 1 amide bonds. The van der Waals surface area contributed by atoms with Gasteiger partial charge in [0, 0.05) is 26.1 Å². The van der Waals surface area contributed by atoms with Gasteiger partial charge in [-0.3, -0.25) is 9.63 Å². The van der Waals surface area contributed by atoms with Crippen molar-refractivity contribution >= 4 is 32.6 Å². The highest BCUT2D eigenvalue weighted by Gasteiger charge is 2.28. The number of rotatable bonds is 3. The Bertz CT molecular complexity index is 677. The number of amides is 1. The molecule has 1 saturated heterocycles. The average Bonchev–Trinajstić information content (AvgIpc) is 2.96. The Kier molecular flexibility index (Phi) is 4.31. The Labute approximate surface area is 134 Å². The van der Waals surface area contributed by atoms with Gasteiger partial charge in [-0.25, -0.2) is 10.0 Å². The van der Waals surface area contributed by atoms with Crippen LogP contribution in [-0.4, -0.2) is 43.2 Å². The molecule has 2 heterocycles. The Hall–Kier alpha value is -1.66. The summed E-state index contributed by atoms with van der Waals surface area (Å²) in [6.07, 6.45) is 1.70. The quantitative estimate of drug-likeness (QED) is 0.816. The highest BCUT2D eigenvalue weighted by Crippen LogP contribution is 2.32. The van der Waals surface area contributed by atoms with E-state index < -0.39 is 0 Å². The third kappa shape index (κ3) is 2.94. The maximum Gasteiger partial charge on any atom is 0.249 e. The van der Waals surface area contributed by atoms with Crippen molar-refractivity contribution in [3.05, 3.63) is 23.8 Å². The van der Waals surface area contributed by atoms with E-state index in [-0.39, 0.29) is 11.8 Å². The van der Waals surface area contributed by atoms with Gasteiger partial charge in [0.05, 0.1) is 17.3 Å². The molecule has 2 aromatic rings. The maximum absolute atomic E-state index is 12.1. The molecule has 1 fully saturated rings. The molecule has 0 radical (unpaired) electrons. The first-order valence-corrected chi connectivity index (χ1v) is 8.34. The zero-order valence-electron chi connectivity index (χ0n) is 13.2. The zero-order chi connectivity index (χ0) is 15.7. The molecule has 0 aliphatic carbocycles. The van der Waals surface area contributed by atoms with E-state index in [1.54, 1.807) is 18.4 Å². The predicted molar refractivity (Wildman–Crippen MR) is 89.1 cm³/mol. The van der Waals surface area contributed by atoms with Gasteiger partial charge in [0.15, 0.2) is 5.13 Å². The number of hydroxylamine groups is 2. The van der Waals surface area contributed by atoms with Crippen LogP contribution in [0.25, 0.3) is 10.2 Å². The SMILES string of the molecule is CON(C)C(=O)C1CCN(c2nc3ccc(C)cc3s2)CC1. The summed E-state index contributed by atoms with van der Waals surface area (Å²) in [5.41, 5.74) is 2.32. The summed E-state index contributed by atoms with van der Waals surface area (Å²) in [5.74, 6) is 0.125. The van der Waals surface area contributed by atoms with Crippen molar-refractivity contribution in [2.45, 2.75) is 19.8 Å². The van der Waals surface area contributed by atoms with Crippen LogP contribution in [0.2, 0.25) is 0 Å². The number of thiazole rings is 1. The van der Waals surface area contributed by atoms with Gasteiger partial charge in [-0.2, -0.15) is 0 Å². The molecule has 0 atom stereocenters. The lowest BCUT2D eigenvalue weighted by Crippen LogP contribution is -2.40. The van der Waals surface area contributed by atoms with Crippen molar-refractivity contribution < 1.29 is 9.63 Å². The summed E-state index contributed by atoms with van der Waals surface area (Å²) in [4.78, 5) is 24.1. The van der Waals surface area contributed by atoms with E-state index in [0.717, 1.165) is 36.6 Å². The van der Waals surface area contributed by atoms with Crippen LogP contribution in [-0.2, 0) is 9.63 Å². The number of aromatic nitrogens is 1. The van der Waals surface area contributed by atoms with Crippen LogP contribution in [0.3, 0.4) is 0 Å². The van der Waals surface area contributed by atoms with Crippen molar-refractivity contribution in [2.75, 3.05) is 32.1 Å². The lowest BCUT2D eigenvalue weighted by molar-refractivity contribution is -0.174. The minimum atomic E-state index is 0.0535. The molecule has 0 bridgehead atoms. The normalized spacial score (nSPS) is 16.2. The van der Waals surface area contributed by atoms with Crippen LogP contribution in [0.5, 0.6) is 0 Å². The molecule has 1 aromatic carbocycles. The first kappa shape index (κ1) is 15.2. The van der Waals surface area contributed by atoms with E-state index in [2.05, 4.69) is 30.0 Å². The van der Waals surface area contributed by atoms with Gasteiger partial charge < -0.3 is 4.90 Å². The molecule has 1 aliphatic heterocycles. The van der Waals surface area contributed by atoms with E-state index >= 15 is 0 Å². The smallest absolute Gasteiger partial charge is 0.249 e. The average molecular weight is 319 g/mol. The van der Waals surface area contributed by atoms with E-state index in [0.29, 0.717) is 0 Å². The summed E-state index contributed by atoms with van der Waals surface area (Å²) in [6.45, 7) is 3.84. The van der Waals surface area contributed by atoms with E-state index in [1.165, 1.54) is 22.4 Å². The van der Waals surface area contributed by atoms with Gasteiger partial charge in [0.1, 0.15) is 0 Å². The van der Waals surface area contributed by atoms with Crippen molar-refractivity contribution in [2.24, 2.45) is 5.92 Å². The number of carbonyl (C=O) groups is 1. The Balaban J connectivity index is 1.68. The molecule has 1 aromatic heterocycles. The van der Waals surface area contributed by atoms with Crippen molar-refractivity contribution in [1.29, 1.82) is 0 Å². The first-order valence-electron chi connectivity index (χ1n) is 7.52. The number of hydrogen-bond donors (Lipinski definition) is 0. The first-order chi connectivity index (χ1) is 10.6. The third-order valence-electron chi connectivity index (χ3n) is 4.23. The molecule has 6 heteroatoms. The molecular weight excluding hydrogens is 298 g/mol. The highest BCUT2D eigenvalue weighted by atomic mass is 32.1. The van der Waals surface area contributed by atoms with Crippen LogP contribution in [0.15, 0.2) is 18.2 Å². The minimum Gasteiger partial charge on any atom is -0.348 e. The van der Waals surface area contributed by atoms with Gasteiger partial charge in [-0.1, -0.05) is 17.4 Å². The minimum absolute atomic E-state index is 0.0535. The van der Waals surface area contributed by atoms with Crippen molar-refractivity contribution in [1.82, 2.24) is 10.0 Å². The van der Waals surface area contributed by atoms with E-state index in [4.69, 9.17) is 9.82 Å². The highest BCUT2D eigenvalue weighted by molar-refractivity contribution is 7.22. The fraction of sp³-hybridized carbons (Fsp3) is 0.500. The van der Waals surface area contributed by atoms with Gasteiger partial charge >= 0.3 is 0 Å². The van der Waals surface area contributed by atoms with Gasteiger partial charge in [-0.15, -0.1) is 0 Å². The fourth-order valence-corrected chi connectivity index (χ4v) is 3.94. The van der Waals surface area contributed by atoms with Gasteiger partial charge in [0.2, 0.25) is 5.91 Å². The van der Waals surface area contributed by atoms with Gasteiger partial charge in [-0.05, 0) is 37.5 Å². The lowest BCUT2D eigenvalue weighted by Gasteiger charge is -2.32. The second-order valence-electron chi connectivity index (χ2n) is 5.75. The second kappa shape index (κ2) is 6.22. The predicted octanol–water partition coefficient (Wildman–Crippen LogP) is 2.84. The molecule has 118 valence electrons. The molecule has 0 saturated carbocycles. The van der Waals surface area contributed by atoms with Crippen LogP contribution in [0.1, 0.15) is 18.4 Å². The van der Waals surface area contributed by atoms with Gasteiger partial charge in [0.25, 0.3) is 0 Å². The summed E-state index contributed by atoms with van der Waals surface area (Å²) in [7, 11) is 3.20. The Morgan fingerprint density at radius 1 is 1.41 bits per heavy atom. The summed E-state index contributed by atoms with van der Waals surface area (Å²) >= 11 is 1.73. The molecule has 1 aliphatic rings. The van der Waals surface area contributed by atoms with Crippen LogP contribution < -0.4 is 4.90 Å². The number of hydrogen-bond acceptors (Lipinski definition) is 5. The molecule has 0 unspecified atom stereocenters. The molecular formula is C16H21N3O2S. The maximum atomic E-state index is 12.1. The number of carbonyl (C=O) groups excluding carboxylic acids is 1. The summed E-state index contributed by atoms with van der Waals surface area (Å²) in [6, 6.07) is 6.35. The zero-order valence-corrected chi connectivity index (χ0v) is 14.0. The molecule has 5 nitrogen and oxygen atoms in total. The topological polar surface area (TPSA) is 45.7 Å². The summed E-state index contributed by atoms with van der Waals surface area (Å²) in [5, 5.41) is 2.40. The number of benzene rings is 1. The number of nitrogens with zero attached hydrogens (tertiary/aromatic N) is 3. The van der Waals surface area contributed by atoms with Crippen molar-refractivity contribution in [3.63, 3.8) is 0 Å². The summed E-state index contributed by atoms with van der Waals surface area (Å²) < 4.78 is 1.23. The standard InChI is InChI=1S/C16H21N3O2S/c1-11-4-5-13-14(10-11)22-16(17-13)19-8-6-12(7-9-19)15(20)18(2)21-3/h4-5,10,12H,6-9H2,1-3H3. The van der Waals surface area contributed by atoms with Crippen LogP contribution in [0.4, 0.5) is 5.13 Å². The molecule has 0 N–H and O–H groups in total. The number of anilines is 1. The Morgan fingerprint density at radius 2 is 2.14 bits per heavy atom. The van der Waals surface area contributed by atoms with Crippen LogP contribution >= 0.6 is 11.3 Å². The number of aryl methyl sites for hydroxylation is 1. The van der Waals surface area contributed by atoms with Crippen LogP contribution in [0, 0.1) is 12.8 Å². The second-order valence-corrected chi connectivity index (χ2v) is 6.76. The van der Waals surface area contributed by atoms with E-state index in [1.807, 2.05) is 0 Å². The molecule has 22 heavy (non-hydrogen) atoms. The third-order valence-corrected chi connectivity index (χ3v) is 5.31. The Morgan fingerprint density at radius 3 is 2.82 bits per heavy atom. The molecule has 0 spiro atoms. The van der Waals surface area contributed by atoms with Crippen molar-refractivity contribution in [3.8, 4) is 0 Å². The fourth-order valence-electron chi connectivity index (χ4n) is 2.82. The molecule has 3 rings (SSSR count). The monoisotopic (exact) mass is 319 g/mol. The van der Waals surface area contributed by atoms with E-state index in [9.17, 15) is 4.79 Å². The lowest BCUT2D eigenvalue weighted by atomic mass is 9.96.